The van der Waals surface area contributed by atoms with Crippen molar-refractivity contribution < 1.29 is 8.78 Å². The van der Waals surface area contributed by atoms with Gasteiger partial charge in [-0.25, -0.2) is 8.78 Å². The number of nitrogens with zero attached hydrogens (tertiary/aromatic N) is 1. The van der Waals surface area contributed by atoms with Gasteiger partial charge in [-0.15, -0.1) is 0 Å². The number of benzene rings is 1. The molecular formula is C13H12F2N2S. The summed E-state index contributed by atoms with van der Waals surface area (Å²) in [5.41, 5.74) is 2.21. The maximum absolute atomic E-state index is 13.7. The minimum atomic E-state index is -0.474. The minimum Gasteiger partial charge on any atom is -0.335 e. The molecule has 2 heterocycles. The highest BCUT2D eigenvalue weighted by molar-refractivity contribution is 7.71. The van der Waals surface area contributed by atoms with Crippen LogP contribution in [0.15, 0.2) is 18.2 Å². The Bertz CT molecular complexity index is 652. The maximum Gasteiger partial charge on any atom is 0.177 e. The fourth-order valence-corrected chi connectivity index (χ4v) is 3.03. The van der Waals surface area contributed by atoms with E-state index in [0.29, 0.717) is 17.7 Å². The second-order valence-electron chi connectivity index (χ2n) is 4.65. The predicted octanol–water partition coefficient (Wildman–Crippen LogP) is 3.47. The van der Waals surface area contributed by atoms with Gasteiger partial charge in [0.1, 0.15) is 11.6 Å². The van der Waals surface area contributed by atoms with Crippen LogP contribution in [0.1, 0.15) is 22.9 Å². The van der Waals surface area contributed by atoms with E-state index in [1.165, 1.54) is 18.2 Å². The topological polar surface area (TPSA) is 20.7 Å². The van der Waals surface area contributed by atoms with Gasteiger partial charge in [-0.2, -0.15) is 0 Å². The van der Waals surface area contributed by atoms with E-state index in [1.54, 1.807) is 0 Å². The molecule has 0 saturated heterocycles. The van der Waals surface area contributed by atoms with Crippen molar-refractivity contribution >= 4 is 12.2 Å². The van der Waals surface area contributed by atoms with Gasteiger partial charge in [0, 0.05) is 29.4 Å². The molecule has 1 aromatic heterocycles. The third kappa shape index (κ3) is 1.61. The second kappa shape index (κ2) is 4.02. The fourth-order valence-electron chi connectivity index (χ4n) is 2.69. The lowest BCUT2D eigenvalue weighted by Gasteiger charge is -2.11. The molecule has 0 aliphatic carbocycles. The number of hydrogen-bond donors (Lipinski definition) is 1. The van der Waals surface area contributed by atoms with Crippen LogP contribution in [0.2, 0.25) is 0 Å². The summed E-state index contributed by atoms with van der Waals surface area (Å²) in [6.45, 7) is 2.47. The van der Waals surface area contributed by atoms with Gasteiger partial charge in [-0.3, -0.25) is 0 Å². The average molecular weight is 266 g/mol. The van der Waals surface area contributed by atoms with E-state index in [-0.39, 0.29) is 11.5 Å². The monoisotopic (exact) mass is 266 g/mol. The van der Waals surface area contributed by atoms with Crippen molar-refractivity contribution in [1.29, 1.82) is 0 Å². The third-order valence-electron chi connectivity index (χ3n) is 3.55. The highest BCUT2D eigenvalue weighted by Crippen LogP contribution is 2.34. The molecule has 1 N–H and O–H groups in total. The lowest BCUT2D eigenvalue weighted by Crippen LogP contribution is -2.07. The number of rotatable bonds is 1. The smallest absolute Gasteiger partial charge is 0.177 e. The molecule has 94 valence electrons. The molecule has 2 nitrogen and oxygen atoms in total. The molecule has 0 radical (unpaired) electrons. The SMILES string of the molecule is Cc1[nH]c(=S)n2c1CC(c1c(F)cccc1F)C2. The largest absolute Gasteiger partial charge is 0.335 e. The van der Waals surface area contributed by atoms with Crippen LogP contribution in [0.3, 0.4) is 0 Å². The molecule has 3 rings (SSSR count). The molecule has 1 aliphatic heterocycles. The van der Waals surface area contributed by atoms with Crippen LogP contribution in [0.25, 0.3) is 0 Å². The fraction of sp³-hybridized carbons (Fsp3) is 0.308. The Morgan fingerprint density at radius 1 is 1.33 bits per heavy atom. The first-order valence-corrected chi connectivity index (χ1v) is 6.21. The summed E-state index contributed by atoms with van der Waals surface area (Å²) >= 11 is 5.19. The molecule has 0 amide bonds. The van der Waals surface area contributed by atoms with E-state index in [9.17, 15) is 8.78 Å². The zero-order valence-corrected chi connectivity index (χ0v) is 10.7. The van der Waals surface area contributed by atoms with Crippen LogP contribution in [-0.4, -0.2) is 9.55 Å². The Morgan fingerprint density at radius 2 is 2.00 bits per heavy atom. The van der Waals surface area contributed by atoms with Gasteiger partial charge in [-0.05, 0) is 37.7 Å². The maximum atomic E-state index is 13.7. The molecule has 2 aromatic rings. The van der Waals surface area contributed by atoms with Crippen molar-refractivity contribution in [1.82, 2.24) is 9.55 Å². The summed E-state index contributed by atoms with van der Waals surface area (Å²) in [5.74, 6) is -1.12. The second-order valence-corrected chi connectivity index (χ2v) is 5.04. The minimum absolute atomic E-state index is 0.170. The van der Waals surface area contributed by atoms with E-state index >= 15 is 0 Å². The molecule has 0 saturated carbocycles. The Morgan fingerprint density at radius 3 is 2.61 bits per heavy atom. The van der Waals surface area contributed by atoms with Gasteiger partial charge in [0.05, 0.1) is 0 Å². The summed E-state index contributed by atoms with van der Waals surface area (Å²) in [5, 5.41) is 0. The van der Waals surface area contributed by atoms with Gasteiger partial charge in [0.15, 0.2) is 4.77 Å². The first-order chi connectivity index (χ1) is 8.58. The predicted molar refractivity (Wildman–Crippen MR) is 67.2 cm³/mol. The van der Waals surface area contributed by atoms with Gasteiger partial charge < -0.3 is 9.55 Å². The van der Waals surface area contributed by atoms with Crippen LogP contribution in [0.5, 0.6) is 0 Å². The van der Waals surface area contributed by atoms with Crippen LogP contribution >= 0.6 is 12.2 Å². The Labute approximate surface area is 108 Å². The molecule has 1 aromatic carbocycles. The number of imidazole rings is 1. The number of fused-ring (bicyclic) bond motifs is 1. The number of aromatic amines is 1. The number of aryl methyl sites for hydroxylation is 1. The highest BCUT2D eigenvalue weighted by Gasteiger charge is 2.29. The van der Waals surface area contributed by atoms with Crippen LogP contribution < -0.4 is 0 Å². The van der Waals surface area contributed by atoms with Crippen molar-refractivity contribution in [2.75, 3.05) is 0 Å². The van der Waals surface area contributed by atoms with E-state index < -0.39 is 11.6 Å². The Hall–Kier alpha value is -1.49. The summed E-state index contributed by atoms with van der Waals surface area (Å²) in [7, 11) is 0. The van der Waals surface area contributed by atoms with E-state index in [1.807, 2.05) is 11.5 Å². The van der Waals surface area contributed by atoms with Crippen LogP contribution in [-0.2, 0) is 13.0 Å². The number of halogens is 2. The molecule has 0 bridgehead atoms. The lowest BCUT2D eigenvalue weighted by molar-refractivity contribution is 0.512. The number of aromatic nitrogens is 2. The normalized spacial score (nSPS) is 18.1. The summed E-state index contributed by atoms with van der Waals surface area (Å²) in [6, 6.07) is 4.00. The summed E-state index contributed by atoms with van der Waals surface area (Å²) in [6.07, 6.45) is 0.622. The molecule has 0 spiro atoms. The summed E-state index contributed by atoms with van der Waals surface area (Å²) < 4.78 is 30.1. The number of hydrogen-bond acceptors (Lipinski definition) is 1. The molecule has 18 heavy (non-hydrogen) atoms. The Kier molecular flexibility index (Phi) is 2.59. The highest BCUT2D eigenvalue weighted by atomic mass is 32.1. The van der Waals surface area contributed by atoms with Gasteiger partial charge in [0.25, 0.3) is 0 Å². The number of H-pyrrole nitrogens is 1. The van der Waals surface area contributed by atoms with E-state index in [4.69, 9.17) is 12.2 Å². The third-order valence-corrected chi connectivity index (χ3v) is 3.87. The molecule has 1 atom stereocenters. The summed E-state index contributed by atoms with van der Waals surface area (Å²) in [4.78, 5) is 3.07. The molecular weight excluding hydrogens is 254 g/mol. The van der Waals surface area contributed by atoms with Crippen molar-refractivity contribution in [3.05, 3.63) is 51.6 Å². The molecule has 5 heteroatoms. The average Bonchev–Trinajstić information content (AvgIpc) is 2.82. The van der Waals surface area contributed by atoms with Crippen LogP contribution in [0, 0.1) is 23.3 Å². The molecule has 1 aliphatic rings. The zero-order valence-electron chi connectivity index (χ0n) is 9.84. The molecule has 0 fully saturated rings. The lowest BCUT2D eigenvalue weighted by atomic mass is 9.95. The van der Waals surface area contributed by atoms with Crippen molar-refractivity contribution in [2.45, 2.75) is 25.8 Å². The zero-order chi connectivity index (χ0) is 12.9. The van der Waals surface area contributed by atoms with Crippen LogP contribution in [0.4, 0.5) is 8.78 Å². The van der Waals surface area contributed by atoms with Crippen molar-refractivity contribution in [3.8, 4) is 0 Å². The molecule has 1 unspecified atom stereocenters. The van der Waals surface area contributed by atoms with Gasteiger partial charge >= 0.3 is 0 Å². The number of nitrogens with one attached hydrogen (secondary N) is 1. The Balaban J connectivity index is 2.04. The van der Waals surface area contributed by atoms with E-state index in [0.717, 1.165) is 11.4 Å². The first kappa shape index (κ1) is 11.6. The quantitative estimate of drug-likeness (QED) is 0.784. The van der Waals surface area contributed by atoms with Crippen molar-refractivity contribution in [3.63, 3.8) is 0 Å². The standard InChI is InChI=1S/C13H12F2N2S/c1-7-11-5-8(6-17(11)13(18)16-7)12-9(14)3-2-4-10(12)15/h2-4,8H,5-6H2,1H3,(H,16,18). The van der Waals surface area contributed by atoms with Crippen molar-refractivity contribution in [2.24, 2.45) is 0 Å². The van der Waals surface area contributed by atoms with E-state index in [2.05, 4.69) is 4.98 Å². The van der Waals surface area contributed by atoms with Gasteiger partial charge in [-0.1, -0.05) is 6.07 Å². The van der Waals surface area contributed by atoms with Gasteiger partial charge in [0.2, 0.25) is 0 Å². The first-order valence-electron chi connectivity index (χ1n) is 5.80.